The first-order valence-corrected chi connectivity index (χ1v) is 5.51. The lowest BCUT2D eigenvalue weighted by Crippen LogP contribution is -2.42. The Labute approximate surface area is 97.0 Å². The molecule has 0 amide bonds. The molecular weight excluding hydrogens is 208 g/mol. The maximum Gasteiger partial charge on any atom is 0.0455 e. The van der Waals surface area contributed by atoms with E-state index in [0.717, 1.165) is 22.8 Å². The van der Waals surface area contributed by atoms with E-state index < -0.39 is 0 Å². The van der Waals surface area contributed by atoms with Crippen molar-refractivity contribution in [2.45, 2.75) is 26.3 Å². The third-order valence-electron chi connectivity index (χ3n) is 2.58. The lowest BCUT2D eigenvalue weighted by Gasteiger charge is -2.25. The highest BCUT2D eigenvalue weighted by molar-refractivity contribution is 6.31. The molecule has 0 bridgehead atoms. The van der Waals surface area contributed by atoms with Crippen LogP contribution in [0.3, 0.4) is 0 Å². The quantitative estimate of drug-likeness (QED) is 0.825. The molecular formula is C12H19ClN2. The Bertz CT molecular complexity index is 334. The summed E-state index contributed by atoms with van der Waals surface area (Å²) in [5, 5.41) is 7.41. The van der Waals surface area contributed by atoms with Crippen LogP contribution in [0.25, 0.3) is 0 Å². The van der Waals surface area contributed by atoms with Gasteiger partial charge in [-0.3, -0.25) is 0 Å². The van der Waals surface area contributed by atoms with Gasteiger partial charge < -0.3 is 10.6 Å². The summed E-state index contributed by atoms with van der Waals surface area (Å²) in [6.07, 6.45) is 0. The van der Waals surface area contributed by atoms with Crippen LogP contribution in [0.15, 0.2) is 18.2 Å². The molecule has 2 nitrogen and oxygen atoms in total. The molecule has 0 radical (unpaired) electrons. The summed E-state index contributed by atoms with van der Waals surface area (Å²) < 4.78 is 0. The van der Waals surface area contributed by atoms with Crippen molar-refractivity contribution in [2.75, 3.05) is 18.9 Å². The van der Waals surface area contributed by atoms with Crippen LogP contribution < -0.4 is 10.6 Å². The average Bonchev–Trinajstić information content (AvgIpc) is 2.20. The van der Waals surface area contributed by atoms with Gasteiger partial charge in [0.05, 0.1) is 0 Å². The Kier molecular flexibility index (Phi) is 4.00. The first-order chi connectivity index (χ1) is 6.94. The highest BCUT2D eigenvalue weighted by Crippen LogP contribution is 2.20. The predicted octanol–water partition coefficient (Wildman–Crippen LogP) is 3.06. The van der Waals surface area contributed by atoms with E-state index in [2.05, 4.69) is 24.5 Å². The van der Waals surface area contributed by atoms with Crippen LogP contribution in [-0.4, -0.2) is 19.1 Å². The molecule has 0 saturated carbocycles. The van der Waals surface area contributed by atoms with Gasteiger partial charge in [0.15, 0.2) is 0 Å². The van der Waals surface area contributed by atoms with E-state index >= 15 is 0 Å². The number of nitrogens with one attached hydrogen (secondary N) is 2. The predicted molar refractivity (Wildman–Crippen MR) is 67.8 cm³/mol. The van der Waals surface area contributed by atoms with E-state index in [1.54, 1.807) is 0 Å². The second-order valence-corrected chi connectivity index (χ2v) is 4.86. The van der Waals surface area contributed by atoms with Crippen molar-refractivity contribution in [3.63, 3.8) is 0 Å². The Balaban J connectivity index is 2.62. The number of halogens is 1. The van der Waals surface area contributed by atoms with E-state index in [9.17, 15) is 0 Å². The molecule has 0 aliphatic carbocycles. The van der Waals surface area contributed by atoms with E-state index in [-0.39, 0.29) is 5.54 Å². The summed E-state index contributed by atoms with van der Waals surface area (Å²) in [7, 11) is 1.96. The molecule has 0 aliphatic rings. The van der Waals surface area contributed by atoms with Crippen LogP contribution in [0.4, 0.5) is 5.69 Å². The molecule has 0 atom stereocenters. The number of likely N-dealkylation sites (N-methyl/N-ethyl adjacent to an activating group) is 1. The molecule has 0 spiro atoms. The number of aryl methyl sites for hydroxylation is 1. The van der Waals surface area contributed by atoms with Crippen LogP contribution in [0, 0.1) is 6.92 Å². The molecule has 0 heterocycles. The first kappa shape index (κ1) is 12.3. The van der Waals surface area contributed by atoms with Gasteiger partial charge in [-0.2, -0.15) is 0 Å². The molecule has 1 rings (SSSR count). The normalized spacial score (nSPS) is 11.5. The van der Waals surface area contributed by atoms with Gasteiger partial charge in [0, 0.05) is 22.8 Å². The fourth-order valence-corrected chi connectivity index (χ4v) is 1.29. The zero-order chi connectivity index (χ0) is 11.5. The van der Waals surface area contributed by atoms with Crippen molar-refractivity contribution in [1.82, 2.24) is 5.32 Å². The lowest BCUT2D eigenvalue weighted by atomic mass is 10.1. The van der Waals surface area contributed by atoms with Crippen LogP contribution in [0.2, 0.25) is 5.02 Å². The molecule has 1 aromatic carbocycles. The number of hydrogen-bond donors (Lipinski definition) is 2. The Hall–Kier alpha value is -0.730. The molecule has 15 heavy (non-hydrogen) atoms. The Morgan fingerprint density at radius 2 is 2.00 bits per heavy atom. The van der Waals surface area contributed by atoms with Crippen LogP contribution in [-0.2, 0) is 0 Å². The van der Waals surface area contributed by atoms with E-state index in [4.69, 9.17) is 11.6 Å². The van der Waals surface area contributed by atoms with Gasteiger partial charge in [-0.1, -0.05) is 17.7 Å². The minimum Gasteiger partial charge on any atom is -0.383 e. The molecule has 0 saturated heterocycles. The Morgan fingerprint density at radius 1 is 1.33 bits per heavy atom. The number of anilines is 1. The van der Waals surface area contributed by atoms with Gasteiger partial charge in [0.25, 0.3) is 0 Å². The number of rotatable bonds is 4. The standard InChI is InChI=1S/C12H19ClN2/c1-9-5-6-10(7-11(9)13)15-8-12(2,3)14-4/h5-7,14-15H,8H2,1-4H3. The summed E-state index contributed by atoms with van der Waals surface area (Å²) in [6, 6.07) is 6.03. The smallest absolute Gasteiger partial charge is 0.0455 e. The maximum atomic E-state index is 6.04. The molecule has 0 aromatic heterocycles. The summed E-state index contributed by atoms with van der Waals surface area (Å²) >= 11 is 6.04. The molecule has 0 fully saturated rings. The molecule has 3 heteroatoms. The van der Waals surface area contributed by atoms with Crippen molar-refractivity contribution in [2.24, 2.45) is 0 Å². The van der Waals surface area contributed by atoms with Crippen molar-refractivity contribution < 1.29 is 0 Å². The van der Waals surface area contributed by atoms with Crippen molar-refractivity contribution in [1.29, 1.82) is 0 Å². The average molecular weight is 227 g/mol. The highest BCUT2D eigenvalue weighted by atomic mass is 35.5. The topological polar surface area (TPSA) is 24.1 Å². The second kappa shape index (κ2) is 4.86. The first-order valence-electron chi connectivity index (χ1n) is 5.13. The number of hydrogen-bond acceptors (Lipinski definition) is 2. The maximum absolute atomic E-state index is 6.04. The van der Waals surface area contributed by atoms with Gasteiger partial charge in [-0.25, -0.2) is 0 Å². The summed E-state index contributed by atoms with van der Waals surface area (Å²) in [6.45, 7) is 7.16. The highest BCUT2D eigenvalue weighted by Gasteiger charge is 2.13. The van der Waals surface area contributed by atoms with Gasteiger partial charge in [-0.05, 0) is 45.5 Å². The lowest BCUT2D eigenvalue weighted by molar-refractivity contribution is 0.448. The molecule has 0 unspecified atom stereocenters. The third-order valence-corrected chi connectivity index (χ3v) is 2.99. The van der Waals surface area contributed by atoms with Crippen molar-refractivity contribution in [3.05, 3.63) is 28.8 Å². The summed E-state index contributed by atoms with van der Waals surface area (Å²) in [5.41, 5.74) is 2.25. The van der Waals surface area contributed by atoms with Gasteiger partial charge in [0.1, 0.15) is 0 Å². The van der Waals surface area contributed by atoms with E-state index in [1.165, 1.54) is 0 Å². The van der Waals surface area contributed by atoms with Crippen molar-refractivity contribution in [3.8, 4) is 0 Å². The fourth-order valence-electron chi connectivity index (χ4n) is 1.11. The zero-order valence-electron chi connectivity index (χ0n) is 9.82. The molecule has 2 N–H and O–H groups in total. The van der Waals surface area contributed by atoms with Crippen LogP contribution >= 0.6 is 11.6 Å². The van der Waals surface area contributed by atoms with E-state index in [0.29, 0.717) is 0 Å². The van der Waals surface area contributed by atoms with E-state index in [1.807, 2.05) is 32.2 Å². The summed E-state index contributed by atoms with van der Waals surface area (Å²) in [4.78, 5) is 0. The second-order valence-electron chi connectivity index (χ2n) is 4.45. The van der Waals surface area contributed by atoms with Crippen LogP contribution in [0.1, 0.15) is 19.4 Å². The van der Waals surface area contributed by atoms with Gasteiger partial charge in [-0.15, -0.1) is 0 Å². The van der Waals surface area contributed by atoms with Crippen LogP contribution in [0.5, 0.6) is 0 Å². The van der Waals surface area contributed by atoms with Crippen molar-refractivity contribution >= 4 is 17.3 Å². The SMILES string of the molecule is CNC(C)(C)CNc1ccc(C)c(Cl)c1. The Morgan fingerprint density at radius 3 is 2.53 bits per heavy atom. The van der Waals surface area contributed by atoms with Gasteiger partial charge >= 0.3 is 0 Å². The molecule has 84 valence electrons. The monoisotopic (exact) mass is 226 g/mol. The minimum absolute atomic E-state index is 0.0807. The minimum atomic E-state index is 0.0807. The van der Waals surface area contributed by atoms with Gasteiger partial charge in [0.2, 0.25) is 0 Å². The zero-order valence-corrected chi connectivity index (χ0v) is 10.6. The fraction of sp³-hybridized carbons (Fsp3) is 0.500. The molecule has 1 aromatic rings. The summed E-state index contributed by atoms with van der Waals surface area (Å²) in [5.74, 6) is 0. The molecule has 0 aliphatic heterocycles. The third kappa shape index (κ3) is 3.73. The number of benzene rings is 1. The largest absolute Gasteiger partial charge is 0.383 e.